The van der Waals surface area contributed by atoms with Crippen LogP contribution in [-0.2, 0) is 22.4 Å². The van der Waals surface area contributed by atoms with Crippen molar-refractivity contribution in [2.75, 3.05) is 0 Å². The van der Waals surface area contributed by atoms with E-state index in [4.69, 9.17) is 0 Å². The Labute approximate surface area is 175 Å². The second-order valence-electron chi connectivity index (χ2n) is 9.78. The molecule has 0 unspecified atom stereocenters. The van der Waals surface area contributed by atoms with Crippen LogP contribution >= 0.6 is 0 Å². The van der Waals surface area contributed by atoms with Crippen LogP contribution in [0.2, 0.25) is 0 Å². The molecule has 1 aliphatic rings. The second-order valence-corrected chi connectivity index (χ2v) is 9.78. The average molecular weight is 403 g/mol. The van der Waals surface area contributed by atoms with Gasteiger partial charge in [-0.15, -0.1) is 0 Å². The van der Waals surface area contributed by atoms with Gasteiger partial charge < -0.3 is 10.2 Å². The van der Waals surface area contributed by atoms with Gasteiger partial charge in [-0.05, 0) is 114 Å². The summed E-state index contributed by atoms with van der Waals surface area (Å²) in [7, 11) is 0. The summed E-state index contributed by atoms with van der Waals surface area (Å²) in [5.41, 5.74) is 5.76. The Hall–Kier alpha value is -1.84. The van der Waals surface area contributed by atoms with E-state index in [0.29, 0.717) is 6.42 Å². The topological polar surface area (TPSA) is 74.6 Å². The molecule has 0 atom stereocenters. The van der Waals surface area contributed by atoms with Gasteiger partial charge in [0.25, 0.3) is 0 Å². The number of unbranched alkanes of at least 4 members (excludes halogenated alkanes) is 2. The SMILES string of the molecule is Cc1cc(C)c(CCCCC(C)(C)C(=O)O)c(CCCCC2(C(=O)O)CC2)c1C. The molecular weight excluding hydrogens is 364 g/mol. The molecule has 29 heavy (non-hydrogen) atoms. The number of rotatable bonds is 12. The van der Waals surface area contributed by atoms with E-state index in [-0.39, 0.29) is 0 Å². The molecule has 0 aliphatic heterocycles. The first kappa shape index (κ1) is 23.4. The molecule has 0 heterocycles. The molecular formula is C25H38O4. The van der Waals surface area contributed by atoms with Crippen LogP contribution in [0.25, 0.3) is 0 Å². The summed E-state index contributed by atoms with van der Waals surface area (Å²) in [4.78, 5) is 22.7. The number of benzene rings is 1. The zero-order valence-electron chi connectivity index (χ0n) is 18.9. The Morgan fingerprint density at radius 2 is 1.52 bits per heavy atom. The van der Waals surface area contributed by atoms with Crippen molar-refractivity contribution in [1.82, 2.24) is 0 Å². The molecule has 1 aromatic carbocycles. The van der Waals surface area contributed by atoms with E-state index in [0.717, 1.165) is 57.8 Å². The summed E-state index contributed by atoms with van der Waals surface area (Å²) in [5.74, 6) is -1.35. The Bertz CT molecular complexity index is 757. The third kappa shape index (κ3) is 5.83. The molecule has 2 rings (SSSR count). The molecule has 0 radical (unpaired) electrons. The van der Waals surface area contributed by atoms with Crippen LogP contribution in [0.5, 0.6) is 0 Å². The van der Waals surface area contributed by atoms with Crippen molar-refractivity contribution in [2.24, 2.45) is 10.8 Å². The fourth-order valence-electron chi connectivity index (χ4n) is 4.37. The number of aryl methyl sites for hydroxylation is 2. The Morgan fingerprint density at radius 1 is 0.931 bits per heavy atom. The largest absolute Gasteiger partial charge is 0.481 e. The van der Waals surface area contributed by atoms with E-state index in [1.807, 2.05) is 0 Å². The summed E-state index contributed by atoms with van der Waals surface area (Å²) in [6.45, 7) is 10.1. The fraction of sp³-hybridized carbons (Fsp3) is 0.680. The number of aliphatic carboxylic acids is 2. The highest BCUT2D eigenvalue weighted by molar-refractivity contribution is 5.77. The first-order chi connectivity index (χ1) is 13.5. The van der Waals surface area contributed by atoms with Crippen molar-refractivity contribution in [3.8, 4) is 0 Å². The van der Waals surface area contributed by atoms with Crippen LogP contribution in [0.3, 0.4) is 0 Å². The lowest BCUT2D eigenvalue weighted by molar-refractivity contribution is -0.147. The molecule has 1 aromatic rings. The smallest absolute Gasteiger partial charge is 0.309 e. The molecule has 1 aliphatic carbocycles. The van der Waals surface area contributed by atoms with Crippen molar-refractivity contribution in [2.45, 2.75) is 98.8 Å². The third-order valence-electron chi connectivity index (χ3n) is 7.01. The van der Waals surface area contributed by atoms with E-state index < -0.39 is 22.8 Å². The van der Waals surface area contributed by atoms with E-state index >= 15 is 0 Å². The first-order valence-corrected chi connectivity index (χ1v) is 11.1. The van der Waals surface area contributed by atoms with Crippen molar-refractivity contribution in [3.63, 3.8) is 0 Å². The molecule has 0 spiro atoms. The van der Waals surface area contributed by atoms with Crippen LogP contribution in [0.1, 0.15) is 93.0 Å². The lowest BCUT2D eigenvalue weighted by atomic mass is 9.84. The van der Waals surface area contributed by atoms with Crippen LogP contribution in [-0.4, -0.2) is 22.2 Å². The number of carboxylic acids is 2. The number of hydrogen-bond donors (Lipinski definition) is 2. The highest BCUT2D eigenvalue weighted by Gasteiger charge is 2.49. The summed E-state index contributed by atoms with van der Waals surface area (Å²) in [6, 6.07) is 2.26. The summed E-state index contributed by atoms with van der Waals surface area (Å²) >= 11 is 0. The molecule has 0 saturated heterocycles. The Balaban J connectivity index is 1.97. The molecule has 4 nitrogen and oxygen atoms in total. The van der Waals surface area contributed by atoms with Gasteiger partial charge >= 0.3 is 11.9 Å². The van der Waals surface area contributed by atoms with Gasteiger partial charge in [0, 0.05) is 0 Å². The fourth-order valence-corrected chi connectivity index (χ4v) is 4.37. The normalized spacial score (nSPS) is 15.3. The van der Waals surface area contributed by atoms with Gasteiger partial charge in [0.05, 0.1) is 10.8 Å². The monoisotopic (exact) mass is 402 g/mol. The van der Waals surface area contributed by atoms with E-state index in [1.54, 1.807) is 13.8 Å². The van der Waals surface area contributed by atoms with Gasteiger partial charge in [0.1, 0.15) is 0 Å². The second kappa shape index (κ2) is 9.32. The lowest BCUT2D eigenvalue weighted by Crippen LogP contribution is -2.23. The van der Waals surface area contributed by atoms with Crippen molar-refractivity contribution >= 4 is 11.9 Å². The van der Waals surface area contributed by atoms with Crippen molar-refractivity contribution in [1.29, 1.82) is 0 Å². The maximum atomic E-state index is 11.4. The minimum absolute atomic E-state index is 0.419. The molecule has 2 N–H and O–H groups in total. The van der Waals surface area contributed by atoms with Gasteiger partial charge in [-0.1, -0.05) is 18.9 Å². The van der Waals surface area contributed by atoms with Crippen LogP contribution in [0.4, 0.5) is 0 Å². The van der Waals surface area contributed by atoms with Crippen LogP contribution in [0.15, 0.2) is 6.07 Å². The standard InChI is InChI=1S/C25H38O4/c1-17-16-18(2)20(10-6-8-12-24(4,5)22(26)27)21(19(17)3)11-7-9-13-25(14-15-25)23(28)29/h16H,6-15H2,1-5H3,(H,26,27)(H,28,29). The molecule has 162 valence electrons. The third-order valence-corrected chi connectivity index (χ3v) is 7.01. The molecule has 0 bridgehead atoms. The predicted molar refractivity (Wildman–Crippen MR) is 116 cm³/mol. The van der Waals surface area contributed by atoms with Crippen molar-refractivity contribution < 1.29 is 19.8 Å². The quantitative estimate of drug-likeness (QED) is 0.420. The van der Waals surface area contributed by atoms with Gasteiger partial charge in [0.15, 0.2) is 0 Å². The van der Waals surface area contributed by atoms with Gasteiger partial charge in [-0.3, -0.25) is 9.59 Å². The molecule has 4 heteroatoms. The zero-order chi connectivity index (χ0) is 21.8. The predicted octanol–water partition coefficient (Wildman–Crippen LogP) is 6.01. The minimum Gasteiger partial charge on any atom is -0.481 e. The minimum atomic E-state index is -0.727. The summed E-state index contributed by atoms with van der Waals surface area (Å²) in [6.07, 6.45) is 9.04. The van der Waals surface area contributed by atoms with Crippen molar-refractivity contribution in [3.05, 3.63) is 33.9 Å². The summed E-state index contributed by atoms with van der Waals surface area (Å²) < 4.78 is 0. The van der Waals surface area contributed by atoms with Crippen LogP contribution in [0, 0.1) is 31.6 Å². The maximum Gasteiger partial charge on any atom is 0.309 e. The van der Waals surface area contributed by atoms with Gasteiger partial charge in [-0.2, -0.15) is 0 Å². The number of hydrogen-bond acceptors (Lipinski definition) is 2. The average Bonchev–Trinajstić information content (AvgIpc) is 3.42. The van der Waals surface area contributed by atoms with E-state index in [1.165, 1.54) is 27.8 Å². The molecule has 0 aromatic heterocycles. The number of carboxylic acid groups (broad SMARTS) is 2. The zero-order valence-corrected chi connectivity index (χ0v) is 18.9. The molecule has 0 amide bonds. The first-order valence-electron chi connectivity index (χ1n) is 11.1. The maximum absolute atomic E-state index is 11.4. The molecule has 1 fully saturated rings. The highest BCUT2D eigenvalue weighted by atomic mass is 16.4. The summed E-state index contributed by atoms with van der Waals surface area (Å²) in [5, 5.41) is 18.6. The molecule has 1 saturated carbocycles. The Kier molecular flexibility index (Phi) is 7.53. The number of carbonyl (C=O) groups is 2. The lowest BCUT2D eigenvalue weighted by Gasteiger charge is -2.21. The van der Waals surface area contributed by atoms with E-state index in [9.17, 15) is 19.8 Å². The highest BCUT2D eigenvalue weighted by Crippen LogP contribution is 2.50. The Morgan fingerprint density at radius 3 is 2.07 bits per heavy atom. The van der Waals surface area contributed by atoms with Gasteiger partial charge in [-0.25, -0.2) is 0 Å². The van der Waals surface area contributed by atoms with Gasteiger partial charge in [0.2, 0.25) is 0 Å². The van der Waals surface area contributed by atoms with E-state index in [2.05, 4.69) is 26.8 Å². The van der Waals surface area contributed by atoms with Crippen LogP contribution < -0.4 is 0 Å².